The van der Waals surface area contributed by atoms with Crippen molar-refractivity contribution in [2.75, 3.05) is 6.54 Å². The van der Waals surface area contributed by atoms with E-state index >= 15 is 0 Å². The average Bonchev–Trinajstić information content (AvgIpc) is 3.05. The molecule has 0 aliphatic heterocycles. The minimum absolute atomic E-state index is 0.341. The fourth-order valence-corrected chi connectivity index (χ4v) is 2.79. The standard InChI is InChI=1S/C15H23N3S/c1-11(2)18-9-15(8-17-18)13(4)16-7-12(3)14-5-6-19-10-14/h5-6,8-13,16H,7H2,1-4H3. The summed E-state index contributed by atoms with van der Waals surface area (Å²) in [5.74, 6) is 0.550. The summed E-state index contributed by atoms with van der Waals surface area (Å²) in [5, 5.41) is 12.4. The van der Waals surface area contributed by atoms with Crippen molar-refractivity contribution in [1.29, 1.82) is 0 Å². The molecule has 2 heterocycles. The van der Waals surface area contributed by atoms with Crippen LogP contribution < -0.4 is 5.32 Å². The van der Waals surface area contributed by atoms with E-state index in [0.717, 1.165) is 6.54 Å². The van der Waals surface area contributed by atoms with Gasteiger partial charge in [-0.15, -0.1) is 0 Å². The van der Waals surface area contributed by atoms with Gasteiger partial charge in [-0.1, -0.05) is 6.92 Å². The molecular formula is C15H23N3S. The van der Waals surface area contributed by atoms with Gasteiger partial charge in [0.15, 0.2) is 0 Å². The summed E-state index contributed by atoms with van der Waals surface area (Å²) in [4.78, 5) is 0. The van der Waals surface area contributed by atoms with Gasteiger partial charge < -0.3 is 5.32 Å². The molecule has 0 saturated carbocycles. The maximum absolute atomic E-state index is 4.39. The third-order valence-corrected chi connectivity index (χ3v) is 4.19. The van der Waals surface area contributed by atoms with E-state index < -0.39 is 0 Å². The molecule has 1 N–H and O–H groups in total. The smallest absolute Gasteiger partial charge is 0.0537 e. The van der Waals surface area contributed by atoms with Crippen LogP contribution in [0.3, 0.4) is 0 Å². The van der Waals surface area contributed by atoms with Gasteiger partial charge in [-0.3, -0.25) is 4.68 Å². The van der Waals surface area contributed by atoms with E-state index in [1.165, 1.54) is 11.1 Å². The number of nitrogens with zero attached hydrogens (tertiary/aromatic N) is 2. The highest BCUT2D eigenvalue weighted by Crippen LogP contribution is 2.19. The number of rotatable bonds is 6. The van der Waals surface area contributed by atoms with E-state index in [1.807, 2.05) is 10.9 Å². The molecule has 104 valence electrons. The fourth-order valence-electron chi connectivity index (χ4n) is 2.00. The Hall–Kier alpha value is -1.13. The fraction of sp³-hybridized carbons (Fsp3) is 0.533. The highest BCUT2D eigenvalue weighted by molar-refractivity contribution is 7.07. The Labute approximate surface area is 119 Å². The summed E-state index contributed by atoms with van der Waals surface area (Å²) in [6, 6.07) is 2.97. The van der Waals surface area contributed by atoms with Crippen molar-refractivity contribution in [2.24, 2.45) is 0 Å². The Balaban J connectivity index is 1.88. The van der Waals surface area contributed by atoms with E-state index in [4.69, 9.17) is 0 Å². The molecule has 19 heavy (non-hydrogen) atoms. The van der Waals surface area contributed by atoms with Crippen LogP contribution in [0.1, 0.15) is 56.8 Å². The van der Waals surface area contributed by atoms with Gasteiger partial charge in [0.1, 0.15) is 0 Å². The topological polar surface area (TPSA) is 29.9 Å². The van der Waals surface area contributed by atoms with Gasteiger partial charge >= 0.3 is 0 Å². The molecule has 2 unspecified atom stereocenters. The Morgan fingerprint density at radius 1 is 1.26 bits per heavy atom. The molecule has 0 bridgehead atoms. The van der Waals surface area contributed by atoms with Gasteiger partial charge in [-0.05, 0) is 49.1 Å². The van der Waals surface area contributed by atoms with Gasteiger partial charge in [0.05, 0.1) is 6.20 Å². The van der Waals surface area contributed by atoms with E-state index in [2.05, 4.69) is 61.1 Å². The minimum Gasteiger partial charge on any atom is -0.309 e. The summed E-state index contributed by atoms with van der Waals surface area (Å²) in [6.07, 6.45) is 4.10. The van der Waals surface area contributed by atoms with Crippen molar-refractivity contribution in [1.82, 2.24) is 15.1 Å². The normalized spacial score (nSPS) is 14.8. The van der Waals surface area contributed by atoms with E-state index in [0.29, 0.717) is 18.0 Å². The Bertz CT molecular complexity index is 487. The maximum Gasteiger partial charge on any atom is 0.0537 e. The van der Waals surface area contributed by atoms with Gasteiger partial charge in [-0.25, -0.2) is 0 Å². The van der Waals surface area contributed by atoms with Crippen LogP contribution in [0.4, 0.5) is 0 Å². The van der Waals surface area contributed by atoms with Crippen molar-refractivity contribution in [3.05, 3.63) is 40.3 Å². The second kappa shape index (κ2) is 6.35. The van der Waals surface area contributed by atoms with Crippen molar-refractivity contribution in [3.63, 3.8) is 0 Å². The number of nitrogens with one attached hydrogen (secondary N) is 1. The molecular weight excluding hydrogens is 254 g/mol. The van der Waals surface area contributed by atoms with Crippen LogP contribution >= 0.6 is 11.3 Å². The highest BCUT2D eigenvalue weighted by Gasteiger charge is 2.11. The van der Waals surface area contributed by atoms with Gasteiger partial charge in [0.25, 0.3) is 0 Å². The summed E-state index contributed by atoms with van der Waals surface area (Å²) in [7, 11) is 0. The molecule has 2 rings (SSSR count). The summed E-state index contributed by atoms with van der Waals surface area (Å²) >= 11 is 1.76. The lowest BCUT2D eigenvalue weighted by atomic mass is 10.0. The first-order valence-corrected chi connectivity index (χ1v) is 7.81. The first-order valence-electron chi connectivity index (χ1n) is 6.87. The zero-order chi connectivity index (χ0) is 13.8. The molecule has 4 heteroatoms. The molecule has 2 aromatic rings. The Kier molecular flexibility index (Phi) is 4.77. The molecule has 0 fully saturated rings. The predicted molar refractivity (Wildman–Crippen MR) is 81.8 cm³/mol. The van der Waals surface area contributed by atoms with Crippen LogP contribution in [-0.4, -0.2) is 16.3 Å². The van der Waals surface area contributed by atoms with Gasteiger partial charge in [0, 0.05) is 30.4 Å². The first-order chi connectivity index (χ1) is 9.08. The average molecular weight is 277 g/mol. The molecule has 0 radical (unpaired) electrons. The zero-order valence-corrected chi connectivity index (χ0v) is 12.9. The third-order valence-electron chi connectivity index (χ3n) is 3.49. The predicted octanol–water partition coefficient (Wildman–Crippen LogP) is 3.98. The Morgan fingerprint density at radius 3 is 2.63 bits per heavy atom. The minimum atomic E-state index is 0.341. The van der Waals surface area contributed by atoms with Crippen LogP contribution in [0.25, 0.3) is 0 Å². The third kappa shape index (κ3) is 3.67. The van der Waals surface area contributed by atoms with E-state index in [1.54, 1.807) is 11.3 Å². The number of hydrogen-bond acceptors (Lipinski definition) is 3. The van der Waals surface area contributed by atoms with Crippen molar-refractivity contribution in [2.45, 2.75) is 45.7 Å². The summed E-state index contributed by atoms with van der Waals surface area (Å²) in [5.41, 5.74) is 2.67. The van der Waals surface area contributed by atoms with Gasteiger partial charge in [0.2, 0.25) is 0 Å². The van der Waals surface area contributed by atoms with Crippen LogP contribution in [0.5, 0.6) is 0 Å². The molecule has 2 atom stereocenters. The number of aromatic nitrogens is 2. The van der Waals surface area contributed by atoms with Crippen LogP contribution in [-0.2, 0) is 0 Å². The highest BCUT2D eigenvalue weighted by atomic mass is 32.1. The second-order valence-electron chi connectivity index (χ2n) is 5.44. The lowest BCUT2D eigenvalue weighted by Crippen LogP contribution is -2.23. The van der Waals surface area contributed by atoms with Crippen molar-refractivity contribution in [3.8, 4) is 0 Å². The van der Waals surface area contributed by atoms with Crippen LogP contribution in [0.15, 0.2) is 29.2 Å². The van der Waals surface area contributed by atoms with E-state index in [-0.39, 0.29) is 0 Å². The monoisotopic (exact) mass is 277 g/mol. The number of thiophene rings is 1. The number of hydrogen-bond donors (Lipinski definition) is 1. The largest absolute Gasteiger partial charge is 0.309 e. The first kappa shape index (κ1) is 14.3. The Morgan fingerprint density at radius 2 is 2.05 bits per heavy atom. The maximum atomic E-state index is 4.39. The molecule has 0 aliphatic rings. The molecule has 0 spiro atoms. The summed E-state index contributed by atoms with van der Waals surface area (Å²) < 4.78 is 2.01. The SMILES string of the molecule is CC(CNC(C)c1cnn(C(C)C)c1)c1ccsc1. The molecule has 0 saturated heterocycles. The van der Waals surface area contributed by atoms with Gasteiger partial charge in [-0.2, -0.15) is 16.4 Å². The molecule has 3 nitrogen and oxygen atoms in total. The summed E-state index contributed by atoms with van der Waals surface area (Å²) in [6.45, 7) is 9.74. The second-order valence-corrected chi connectivity index (χ2v) is 6.22. The lowest BCUT2D eigenvalue weighted by Gasteiger charge is -2.16. The molecule has 2 aromatic heterocycles. The molecule has 0 amide bonds. The lowest BCUT2D eigenvalue weighted by molar-refractivity contribution is 0.523. The van der Waals surface area contributed by atoms with Crippen molar-refractivity contribution >= 4 is 11.3 Å². The van der Waals surface area contributed by atoms with Crippen LogP contribution in [0.2, 0.25) is 0 Å². The molecule has 0 aromatic carbocycles. The molecule has 0 aliphatic carbocycles. The quantitative estimate of drug-likeness (QED) is 0.865. The van der Waals surface area contributed by atoms with E-state index in [9.17, 15) is 0 Å². The zero-order valence-electron chi connectivity index (χ0n) is 12.1. The van der Waals surface area contributed by atoms with Crippen LogP contribution in [0, 0.1) is 0 Å². The van der Waals surface area contributed by atoms with Crippen molar-refractivity contribution < 1.29 is 0 Å².